The molecule has 3 atom stereocenters. The minimum atomic E-state index is -0.534. The molecule has 1 aromatic carbocycles. The Labute approximate surface area is 108 Å². The summed E-state index contributed by atoms with van der Waals surface area (Å²) in [6.07, 6.45) is 1.85. The second kappa shape index (κ2) is 5.37. The minimum Gasteiger partial charge on any atom is -0.387 e. The molecule has 0 aliphatic carbocycles. The Morgan fingerprint density at radius 1 is 1.33 bits per heavy atom. The average Bonchev–Trinajstić information content (AvgIpc) is 2.60. The standard InChI is InChI=1S/C15H22FNO/c1-10-8-13(16)6-7-14(10)15(18)9-17-11(2)4-5-12(17)3/h6-8,11-12,15,18H,4-5,9H2,1-3H3. The molecule has 1 fully saturated rings. The number of aryl methyl sites for hydroxylation is 1. The van der Waals surface area contributed by atoms with E-state index in [4.69, 9.17) is 0 Å². The number of hydrogen-bond acceptors (Lipinski definition) is 2. The minimum absolute atomic E-state index is 0.244. The summed E-state index contributed by atoms with van der Waals surface area (Å²) in [5, 5.41) is 10.3. The van der Waals surface area contributed by atoms with E-state index in [0.29, 0.717) is 18.6 Å². The number of aliphatic hydroxyl groups excluding tert-OH is 1. The van der Waals surface area contributed by atoms with Crippen LogP contribution in [-0.2, 0) is 0 Å². The van der Waals surface area contributed by atoms with Crippen LogP contribution in [0.25, 0.3) is 0 Å². The summed E-state index contributed by atoms with van der Waals surface area (Å²) in [7, 11) is 0. The summed E-state index contributed by atoms with van der Waals surface area (Å²) in [6, 6.07) is 5.64. The van der Waals surface area contributed by atoms with Gasteiger partial charge in [0.2, 0.25) is 0 Å². The molecule has 1 aliphatic rings. The van der Waals surface area contributed by atoms with Crippen LogP contribution in [0.4, 0.5) is 4.39 Å². The fourth-order valence-corrected chi connectivity index (χ4v) is 2.92. The van der Waals surface area contributed by atoms with Gasteiger partial charge in [-0.05, 0) is 56.9 Å². The highest BCUT2D eigenvalue weighted by atomic mass is 19.1. The molecule has 1 saturated heterocycles. The van der Waals surface area contributed by atoms with Crippen LogP contribution in [0, 0.1) is 12.7 Å². The zero-order valence-electron chi connectivity index (χ0n) is 11.4. The van der Waals surface area contributed by atoms with Crippen molar-refractivity contribution < 1.29 is 9.50 Å². The Balaban J connectivity index is 2.09. The number of hydrogen-bond donors (Lipinski definition) is 1. The molecular formula is C15H22FNO. The summed E-state index contributed by atoms with van der Waals surface area (Å²) in [6.45, 7) is 6.88. The lowest BCUT2D eigenvalue weighted by atomic mass is 10.0. The van der Waals surface area contributed by atoms with E-state index in [2.05, 4.69) is 18.7 Å². The second-order valence-electron chi connectivity index (χ2n) is 5.49. The maximum atomic E-state index is 13.0. The van der Waals surface area contributed by atoms with E-state index in [-0.39, 0.29) is 5.82 Å². The van der Waals surface area contributed by atoms with Gasteiger partial charge in [-0.1, -0.05) is 6.07 Å². The predicted octanol–water partition coefficient (Wildman–Crippen LogP) is 3.04. The van der Waals surface area contributed by atoms with E-state index >= 15 is 0 Å². The van der Waals surface area contributed by atoms with Crippen LogP contribution in [0.2, 0.25) is 0 Å². The van der Waals surface area contributed by atoms with Crippen LogP contribution in [0.5, 0.6) is 0 Å². The van der Waals surface area contributed by atoms with Gasteiger partial charge in [-0.25, -0.2) is 4.39 Å². The molecule has 1 aliphatic heterocycles. The van der Waals surface area contributed by atoms with Crippen LogP contribution in [0.15, 0.2) is 18.2 Å². The summed E-state index contributed by atoms with van der Waals surface area (Å²) in [5.41, 5.74) is 1.66. The third-order valence-electron chi connectivity index (χ3n) is 4.11. The first kappa shape index (κ1) is 13.5. The van der Waals surface area contributed by atoms with Crippen LogP contribution < -0.4 is 0 Å². The summed E-state index contributed by atoms with van der Waals surface area (Å²) in [4.78, 5) is 2.34. The molecular weight excluding hydrogens is 229 g/mol. The van der Waals surface area contributed by atoms with Gasteiger partial charge >= 0.3 is 0 Å². The summed E-state index contributed by atoms with van der Waals surface area (Å²) >= 11 is 0. The molecule has 18 heavy (non-hydrogen) atoms. The molecule has 1 N–H and O–H groups in total. The van der Waals surface area contributed by atoms with Gasteiger partial charge in [-0.3, -0.25) is 4.90 Å². The first-order valence-electron chi connectivity index (χ1n) is 6.69. The van der Waals surface area contributed by atoms with Crippen molar-refractivity contribution in [3.8, 4) is 0 Å². The van der Waals surface area contributed by atoms with Crippen LogP contribution in [0.1, 0.15) is 43.9 Å². The summed E-state index contributed by atoms with van der Waals surface area (Å²) < 4.78 is 13.0. The highest BCUT2D eigenvalue weighted by Crippen LogP contribution is 2.27. The number of aliphatic hydroxyl groups is 1. The van der Waals surface area contributed by atoms with E-state index < -0.39 is 6.10 Å². The van der Waals surface area contributed by atoms with Gasteiger partial charge in [0.05, 0.1) is 6.10 Å². The molecule has 0 bridgehead atoms. The molecule has 100 valence electrons. The van der Waals surface area contributed by atoms with Gasteiger partial charge in [0.15, 0.2) is 0 Å². The van der Waals surface area contributed by atoms with Gasteiger partial charge in [0, 0.05) is 18.6 Å². The number of nitrogens with zero attached hydrogens (tertiary/aromatic N) is 1. The number of rotatable bonds is 3. The third-order valence-corrected chi connectivity index (χ3v) is 4.11. The lowest BCUT2D eigenvalue weighted by Gasteiger charge is -2.29. The Morgan fingerprint density at radius 3 is 2.50 bits per heavy atom. The maximum Gasteiger partial charge on any atom is 0.123 e. The monoisotopic (exact) mass is 251 g/mol. The molecule has 0 amide bonds. The maximum absolute atomic E-state index is 13.0. The van der Waals surface area contributed by atoms with Crippen LogP contribution in [0.3, 0.4) is 0 Å². The normalized spacial score (nSPS) is 26.5. The van der Waals surface area contributed by atoms with E-state index in [1.165, 1.54) is 25.0 Å². The zero-order valence-corrected chi connectivity index (χ0v) is 11.4. The number of halogens is 1. The SMILES string of the molecule is Cc1cc(F)ccc1C(O)CN1C(C)CCC1C. The molecule has 2 nitrogen and oxygen atoms in total. The number of likely N-dealkylation sites (tertiary alicyclic amines) is 1. The number of benzene rings is 1. The van der Waals surface area contributed by atoms with Crippen LogP contribution in [-0.4, -0.2) is 28.6 Å². The Bertz CT molecular complexity index is 411. The Hall–Kier alpha value is -0.930. The summed E-state index contributed by atoms with van der Waals surface area (Å²) in [5.74, 6) is -0.244. The van der Waals surface area contributed by atoms with Gasteiger partial charge in [0.1, 0.15) is 5.82 Å². The van der Waals surface area contributed by atoms with Gasteiger partial charge < -0.3 is 5.11 Å². The molecule has 0 radical (unpaired) electrons. The quantitative estimate of drug-likeness (QED) is 0.892. The lowest BCUT2D eigenvalue weighted by Crippen LogP contribution is -2.36. The predicted molar refractivity (Wildman–Crippen MR) is 71.0 cm³/mol. The Morgan fingerprint density at radius 2 is 1.94 bits per heavy atom. The average molecular weight is 251 g/mol. The molecule has 0 aromatic heterocycles. The van der Waals surface area contributed by atoms with E-state index in [0.717, 1.165) is 11.1 Å². The Kier molecular flexibility index (Phi) is 4.03. The molecule has 1 heterocycles. The van der Waals surface area contributed by atoms with Gasteiger partial charge in [-0.15, -0.1) is 0 Å². The van der Waals surface area contributed by atoms with Gasteiger partial charge in [0.25, 0.3) is 0 Å². The molecule has 0 saturated carbocycles. The van der Waals surface area contributed by atoms with Crippen molar-refractivity contribution in [1.82, 2.24) is 4.90 Å². The van der Waals surface area contributed by atoms with Crippen molar-refractivity contribution in [1.29, 1.82) is 0 Å². The highest BCUT2D eigenvalue weighted by Gasteiger charge is 2.29. The van der Waals surface area contributed by atoms with Crippen molar-refractivity contribution in [3.63, 3.8) is 0 Å². The van der Waals surface area contributed by atoms with Gasteiger partial charge in [-0.2, -0.15) is 0 Å². The van der Waals surface area contributed by atoms with Crippen molar-refractivity contribution >= 4 is 0 Å². The fourth-order valence-electron chi connectivity index (χ4n) is 2.92. The topological polar surface area (TPSA) is 23.5 Å². The molecule has 3 unspecified atom stereocenters. The molecule has 1 aromatic rings. The lowest BCUT2D eigenvalue weighted by molar-refractivity contribution is 0.0908. The van der Waals surface area contributed by atoms with E-state index in [1.54, 1.807) is 6.07 Å². The molecule has 3 heteroatoms. The zero-order chi connectivity index (χ0) is 13.3. The van der Waals surface area contributed by atoms with Crippen molar-refractivity contribution in [2.75, 3.05) is 6.54 Å². The van der Waals surface area contributed by atoms with Crippen molar-refractivity contribution in [2.45, 2.75) is 51.8 Å². The largest absolute Gasteiger partial charge is 0.387 e. The van der Waals surface area contributed by atoms with Crippen molar-refractivity contribution in [3.05, 3.63) is 35.1 Å². The first-order chi connectivity index (χ1) is 8.49. The fraction of sp³-hybridized carbons (Fsp3) is 0.600. The first-order valence-corrected chi connectivity index (χ1v) is 6.69. The van der Waals surface area contributed by atoms with Crippen LogP contribution >= 0.6 is 0 Å². The molecule has 2 rings (SSSR count). The smallest absolute Gasteiger partial charge is 0.123 e. The third kappa shape index (κ3) is 2.73. The highest BCUT2D eigenvalue weighted by molar-refractivity contribution is 5.28. The van der Waals surface area contributed by atoms with E-state index in [9.17, 15) is 9.50 Å². The second-order valence-corrected chi connectivity index (χ2v) is 5.49. The molecule has 0 spiro atoms. The van der Waals surface area contributed by atoms with E-state index in [1.807, 2.05) is 6.92 Å². The number of β-amino-alcohol motifs (C(OH)–C–C–N with tert-alkyl or cyclic N) is 1. The van der Waals surface area contributed by atoms with Crippen molar-refractivity contribution in [2.24, 2.45) is 0 Å².